The van der Waals surface area contributed by atoms with Crippen molar-refractivity contribution in [1.29, 1.82) is 0 Å². The molecule has 5 nitrogen and oxygen atoms in total. The lowest BCUT2D eigenvalue weighted by atomic mass is 9.86. The Morgan fingerprint density at radius 1 is 1.38 bits per heavy atom. The average Bonchev–Trinajstić information content (AvgIpc) is 3.68. The molecule has 1 amide bonds. The Hall–Kier alpha value is -2.47. The molecule has 3 aliphatic carbocycles. The zero-order valence-corrected chi connectivity index (χ0v) is 18.9. The molecular weight excluding hydrogens is 405 g/mol. The summed E-state index contributed by atoms with van der Waals surface area (Å²) in [6, 6.07) is 7.70. The van der Waals surface area contributed by atoms with E-state index in [1.165, 1.54) is 19.3 Å². The summed E-state index contributed by atoms with van der Waals surface area (Å²) in [6.07, 6.45) is 10.6. The molecule has 3 saturated carbocycles. The highest BCUT2D eigenvalue weighted by molar-refractivity contribution is 5.99. The van der Waals surface area contributed by atoms with Gasteiger partial charge in [-0.25, -0.2) is 4.39 Å². The van der Waals surface area contributed by atoms with E-state index in [2.05, 4.69) is 18.5 Å². The van der Waals surface area contributed by atoms with E-state index in [-0.39, 0.29) is 29.2 Å². The Balaban J connectivity index is 1.42. The van der Waals surface area contributed by atoms with Gasteiger partial charge >= 0.3 is 0 Å². The Morgan fingerprint density at radius 2 is 2.09 bits per heavy atom. The van der Waals surface area contributed by atoms with Crippen LogP contribution in [0.2, 0.25) is 0 Å². The summed E-state index contributed by atoms with van der Waals surface area (Å²) in [5, 5.41) is 0. The Bertz CT molecular complexity index is 887. The molecule has 0 bridgehead atoms. The van der Waals surface area contributed by atoms with Crippen LogP contribution in [0.4, 0.5) is 10.1 Å². The molecule has 0 heterocycles. The molecule has 6 heteroatoms. The van der Waals surface area contributed by atoms with E-state index in [4.69, 9.17) is 10.5 Å². The third kappa shape index (κ3) is 5.47. The molecule has 3 aliphatic rings. The zero-order valence-electron chi connectivity index (χ0n) is 18.9. The van der Waals surface area contributed by atoms with Crippen LogP contribution in [0.15, 0.2) is 53.9 Å². The molecular formula is C26H34FN3O2. The van der Waals surface area contributed by atoms with Crippen molar-refractivity contribution in [1.82, 2.24) is 0 Å². The average molecular weight is 440 g/mol. The van der Waals surface area contributed by atoms with Gasteiger partial charge in [-0.3, -0.25) is 9.79 Å². The summed E-state index contributed by atoms with van der Waals surface area (Å²) in [6.45, 7) is 6.79. The first-order valence-corrected chi connectivity index (χ1v) is 11.7. The number of amides is 1. The number of carbonyl (C=O) groups is 1. The number of aliphatic imine (C=N–C) groups is 1. The first-order chi connectivity index (χ1) is 15.4. The number of nitrogens with zero attached hydrogens (tertiary/aromatic N) is 2. The summed E-state index contributed by atoms with van der Waals surface area (Å²) < 4.78 is 19.1. The second-order valence-corrected chi connectivity index (χ2v) is 9.83. The minimum Gasteiger partial charge on any atom is -0.493 e. The van der Waals surface area contributed by atoms with Crippen molar-refractivity contribution in [2.24, 2.45) is 33.9 Å². The van der Waals surface area contributed by atoms with Crippen LogP contribution in [-0.2, 0) is 4.79 Å². The fraction of sp³-hybridized carbons (Fsp3) is 0.538. The van der Waals surface area contributed by atoms with Gasteiger partial charge in [0, 0.05) is 36.3 Å². The highest BCUT2D eigenvalue weighted by Crippen LogP contribution is 2.48. The molecule has 1 aromatic rings. The summed E-state index contributed by atoms with van der Waals surface area (Å²) in [4.78, 5) is 19.2. The molecule has 0 aliphatic heterocycles. The second-order valence-electron chi connectivity index (χ2n) is 9.83. The Morgan fingerprint density at radius 3 is 2.69 bits per heavy atom. The SMILES string of the molecule is C=C/C(F)=C\N=C[C@@H]1C[C@H]1C(=O)N(CC(N)C1(C)CC1)c1ccc(OCC2CCC2)cc1. The summed E-state index contributed by atoms with van der Waals surface area (Å²) in [5.41, 5.74) is 7.45. The maximum Gasteiger partial charge on any atom is 0.230 e. The maximum absolute atomic E-state index is 13.4. The molecule has 1 aromatic carbocycles. The van der Waals surface area contributed by atoms with E-state index < -0.39 is 5.83 Å². The van der Waals surface area contributed by atoms with E-state index in [1.807, 2.05) is 29.2 Å². The highest BCUT2D eigenvalue weighted by Gasteiger charge is 2.47. The number of benzene rings is 1. The highest BCUT2D eigenvalue weighted by atomic mass is 19.1. The van der Waals surface area contributed by atoms with Crippen molar-refractivity contribution >= 4 is 17.8 Å². The van der Waals surface area contributed by atoms with Crippen molar-refractivity contribution < 1.29 is 13.9 Å². The van der Waals surface area contributed by atoms with Crippen LogP contribution in [0.5, 0.6) is 5.75 Å². The quantitative estimate of drug-likeness (QED) is 0.388. The van der Waals surface area contributed by atoms with Crippen molar-refractivity contribution in [2.75, 3.05) is 18.1 Å². The van der Waals surface area contributed by atoms with Crippen LogP contribution in [0.25, 0.3) is 0 Å². The van der Waals surface area contributed by atoms with Crippen molar-refractivity contribution in [3.8, 4) is 5.75 Å². The normalized spacial score (nSPS) is 25.2. The first kappa shape index (κ1) is 22.7. The Labute approximate surface area is 190 Å². The lowest BCUT2D eigenvalue weighted by molar-refractivity contribution is -0.120. The lowest BCUT2D eigenvalue weighted by Gasteiger charge is -2.29. The fourth-order valence-electron chi connectivity index (χ4n) is 4.04. The second kappa shape index (κ2) is 9.57. The fourth-order valence-corrected chi connectivity index (χ4v) is 4.04. The molecule has 1 unspecified atom stereocenters. The van der Waals surface area contributed by atoms with Gasteiger partial charge in [-0.1, -0.05) is 19.9 Å². The monoisotopic (exact) mass is 439 g/mol. The van der Waals surface area contributed by atoms with Gasteiger partial charge in [0.2, 0.25) is 5.91 Å². The van der Waals surface area contributed by atoms with Crippen molar-refractivity contribution in [2.45, 2.75) is 51.5 Å². The van der Waals surface area contributed by atoms with Crippen molar-refractivity contribution in [3.05, 3.63) is 48.9 Å². The predicted molar refractivity (Wildman–Crippen MR) is 126 cm³/mol. The van der Waals surface area contributed by atoms with E-state index >= 15 is 0 Å². The van der Waals surface area contributed by atoms with Gasteiger partial charge in [-0.05, 0) is 73.8 Å². The van der Waals surface area contributed by atoms with E-state index in [0.29, 0.717) is 12.5 Å². The van der Waals surface area contributed by atoms with E-state index in [1.54, 1.807) is 6.21 Å². The summed E-state index contributed by atoms with van der Waals surface area (Å²) in [7, 11) is 0. The smallest absolute Gasteiger partial charge is 0.230 e. The number of nitrogens with two attached hydrogens (primary N) is 1. The number of anilines is 1. The number of carbonyl (C=O) groups excluding carboxylic acids is 1. The summed E-state index contributed by atoms with van der Waals surface area (Å²) >= 11 is 0. The summed E-state index contributed by atoms with van der Waals surface area (Å²) in [5.74, 6) is 0.948. The molecule has 32 heavy (non-hydrogen) atoms. The van der Waals surface area contributed by atoms with Crippen LogP contribution < -0.4 is 15.4 Å². The first-order valence-electron chi connectivity index (χ1n) is 11.7. The van der Waals surface area contributed by atoms with E-state index in [0.717, 1.165) is 49.6 Å². The Kier molecular flexibility index (Phi) is 6.79. The molecule has 3 atom stereocenters. The van der Waals surface area contributed by atoms with Crippen LogP contribution in [0.1, 0.15) is 45.4 Å². The molecule has 172 valence electrons. The molecule has 0 aromatic heterocycles. The number of hydrogen-bond acceptors (Lipinski definition) is 4. The standard InChI is InChI=1S/C26H34FN3O2/c1-3-20(27)15-29-14-19-13-23(19)25(31)30(16-24(28)26(2)11-12-26)21-7-9-22(10-8-21)32-17-18-5-4-6-18/h3,7-10,14-15,18-19,23-24H,1,4-6,11-13,16-17,28H2,2H3/b20-15+,29-14?/t19-,23+,24?/m0/s1. The van der Waals surface area contributed by atoms with Gasteiger partial charge in [0.15, 0.2) is 0 Å². The van der Waals surface area contributed by atoms with Gasteiger partial charge < -0.3 is 15.4 Å². The molecule has 0 saturated heterocycles. The van der Waals surface area contributed by atoms with Gasteiger partial charge in [-0.2, -0.15) is 0 Å². The number of ether oxygens (including phenoxy) is 1. The largest absolute Gasteiger partial charge is 0.493 e. The van der Waals surface area contributed by atoms with Gasteiger partial charge in [0.1, 0.15) is 11.6 Å². The molecule has 0 spiro atoms. The van der Waals surface area contributed by atoms with Crippen molar-refractivity contribution in [3.63, 3.8) is 0 Å². The van der Waals surface area contributed by atoms with Crippen LogP contribution in [-0.4, -0.2) is 31.3 Å². The van der Waals surface area contributed by atoms with Gasteiger partial charge in [0.25, 0.3) is 0 Å². The lowest BCUT2D eigenvalue weighted by Crippen LogP contribution is -2.46. The molecule has 4 rings (SSSR count). The number of rotatable bonds is 11. The predicted octanol–water partition coefficient (Wildman–Crippen LogP) is 5.03. The third-order valence-corrected chi connectivity index (χ3v) is 7.27. The van der Waals surface area contributed by atoms with Gasteiger partial charge in [-0.15, -0.1) is 0 Å². The van der Waals surface area contributed by atoms with Gasteiger partial charge in [0.05, 0.1) is 12.8 Å². The minimum absolute atomic E-state index is 0.0247. The van der Waals surface area contributed by atoms with Crippen LogP contribution in [0, 0.1) is 23.2 Å². The number of halogens is 1. The zero-order chi connectivity index (χ0) is 22.7. The minimum atomic E-state index is -0.491. The maximum atomic E-state index is 13.4. The third-order valence-electron chi connectivity index (χ3n) is 7.27. The number of allylic oxidation sites excluding steroid dienone is 2. The molecule has 2 N–H and O–H groups in total. The van der Waals surface area contributed by atoms with E-state index in [9.17, 15) is 9.18 Å². The molecule has 3 fully saturated rings. The van der Waals surface area contributed by atoms with Crippen LogP contribution >= 0.6 is 0 Å². The molecule has 0 radical (unpaired) electrons. The number of hydrogen-bond donors (Lipinski definition) is 1. The van der Waals surface area contributed by atoms with Crippen LogP contribution in [0.3, 0.4) is 0 Å². The topological polar surface area (TPSA) is 67.9 Å².